The summed E-state index contributed by atoms with van der Waals surface area (Å²) in [5.74, 6) is -1.29. The molecule has 0 radical (unpaired) electrons. The molecule has 0 bridgehead atoms. The van der Waals surface area contributed by atoms with Crippen molar-refractivity contribution in [2.75, 3.05) is 28.8 Å². The molecule has 2 aromatic carbocycles. The molecule has 160 valence electrons. The molecule has 1 saturated heterocycles. The highest BCUT2D eigenvalue weighted by molar-refractivity contribution is 6.07. The van der Waals surface area contributed by atoms with E-state index in [4.69, 9.17) is 0 Å². The molecule has 1 aliphatic carbocycles. The van der Waals surface area contributed by atoms with Crippen LogP contribution in [0, 0.1) is 11.8 Å². The van der Waals surface area contributed by atoms with Gasteiger partial charge in [0, 0.05) is 30.5 Å². The number of carbonyl (C=O) groups excluding carboxylic acids is 3. The van der Waals surface area contributed by atoms with Crippen LogP contribution in [0.2, 0.25) is 0 Å². The van der Waals surface area contributed by atoms with Gasteiger partial charge < -0.3 is 10.2 Å². The van der Waals surface area contributed by atoms with Gasteiger partial charge in [-0.2, -0.15) is 0 Å². The molecule has 7 heteroatoms. The van der Waals surface area contributed by atoms with Crippen LogP contribution >= 0.6 is 0 Å². The Bertz CT molecular complexity index is 1050. The number of allylic oxidation sites excluding steroid dienone is 2. The number of nitrogens with zero attached hydrogens (tertiary/aromatic N) is 2. The molecule has 2 aromatic rings. The first kappa shape index (κ1) is 20.7. The van der Waals surface area contributed by atoms with Gasteiger partial charge >= 0.3 is 0 Å². The molecule has 0 spiro atoms. The van der Waals surface area contributed by atoms with Gasteiger partial charge in [0.25, 0.3) is 5.91 Å². The minimum Gasteiger partial charge on any atom is -0.375 e. The van der Waals surface area contributed by atoms with Crippen LogP contribution in [0.15, 0.2) is 60.7 Å². The summed E-state index contributed by atoms with van der Waals surface area (Å²) in [6, 6.07) is 14.3. The normalized spacial score (nSPS) is 20.1. The summed E-state index contributed by atoms with van der Waals surface area (Å²) in [6.07, 6.45) is 5.02. The lowest BCUT2D eigenvalue weighted by atomic mass is 9.80. The largest absolute Gasteiger partial charge is 0.375 e. The Hall–Kier alpha value is -3.61. The summed E-state index contributed by atoms with van der Waals surface area (Å²) in [4.78, 5) is 40.4. The summed E-state index contributed by atoms with van der Waals surface area (Å²) < 4.78 is 0. The number of carbonyl (C=O) groups is 3. The molecule has 2 aliphatic rings. The molecule has 1 aliphatic heterocycles. The van der Waals surface area contributed by atoms with E-state index in [1.54, 1.807) is 24.3 Å². The topological polar surface area (TPSA) is 81.8 Å². The van der Waals surface area contributed by atoms with Crippen LogP contribution in [-0.2, 0) is 9.59 Å². The Labute approximate surface area is 181 Å². The predicted molar refractivity (Wildman–Crippen MR) is 121 cm³/mol. The lowest BCUT2D eigenvalue weighted by Crippen LogP contribution is -2.59. The molecule has 2 atom stereocenters. The van der Waals surface area contributed by atoms with E-state index in [-0.39, 0.29) is 29.6 Å². The second-order valence-corrected chi connectivity index (χ2v) is 7.87. The Morgan fingerprint density at radius 1 is 1.10 bits per heavy atom. The van der Waals surface area contributed by atoms with Crippen molar-refractivity contribution in [2.45, 2.75) is 19.8 Å². The highest BCUT2D eigenvalue weighted by atomic mass is 16.2. The highest BCUT2D eigenvalue weighted by Crippen LogP contribution is 2.32. The van der Waals surface area contributed by atoms with Crippen molar-refractivity contribution in [3.63, 3.8) is 0 Å². The number of hydrogen-bond donors (Lipinski definition) is 2. The maximum atomic E-state index is 13.0. The molecular weight excluding hydrogens is 392 g/mol. The van der Waals surface area contributed by atoms with Crippen LogP contribution in [0.1, 0.15) is 30.1 Å². The average molecular weight is 418 g/mol. The third-order valence-electron chi connectivity index (χ3n) is 5.91. The van der Waals surface area contributed by atoms with Crippen molar-refractivity contribution in [2.24, 2.45) is 11.8 Å². The molecule has 1 fully saturated rings. The number of anilines is 3. The fourth-order valence-electron chi connectivity index (χ4n) is 3.98. The van der Waals surface area contributed by atoms with Gasteiger partial charge in [0.1, 0.15) is 0 Å². The van der Waals surface area contributed by atoms with Crippen LogP contribution in [0.4, 0.5) is 17.1 Å². The first-order valence-electron chi connectivity index (χ1n) is 10.5. The van der Waals surface area contributed by atoms with Gasteiger partial charge in [0.05, 0.1) is 17.5 Å². The van der Waals surface area contributed by atoms with E-state index >= 15 is 0 Å². The van der Waals surface area contributed by atoms with E-state index in [0.29, 0.717) is 29.8 Å². The number of nitrogens with one attached hydrogen (secondary N) is 2. The van der Waals surface area contributed by atoms with Gasteiger partial charge in [0.15, 0.2) is 0 Å². The maximum absolute atomic E-state index is 13.0. The zero-order chi connectivity index (χ0) is 22.0. The molecule has 4 rings (SSSR count). The van der Waals surface area contributed by atoms with Crippen LogP contribution in [0.25, 0.3) is 0 Å². The lowest BCUT2D eigenvalue weighted by Gasteiger charge is -2.38. The van der Waals surface area contributed by atoms with Crippen molar-refractivity contribution in [1.29, 1.82) is 0 Å². The minimum absolute atomic E-state index is 0.151. The molecule has 31 heavy (non-hydrogen) atoms. The summed E-state index contributed by atoms with van der Waals surface area (Å²) >= 11 is 0. The van der Waals surface area contributed by atoms with E-state index < -0.39 is 0 Å². The monoisotopic (exact) mass is 418 g/mol. The smallest absolute Gasteiger partial charge is 0.255 e. The zero-order valence-electron chi connectivity index (χ0n) is 17.7. The second-order valence-electron chi connectivity index (χ2n) is 7.87. The molecule has 0 saturated carbocycles. The van der Waals surface area contributed by atoms with E-state index in [1.807, 2.05) is 43.5 Å². The SMILES string of the molecule is CCN(C)c1cccc(NC(=O)c2cccc(N3NC(=O)C4CC=CCC4C3=O)c2)c1. The van der Waals surface area contributed by atoms with E-state index in [2.05, 4.69) is 22.6 Å². The van der Waals surface area contributed by atoms with Crippen LogP contribution in [0.3, 0.4) is 0 Å². The van der Waals surface area contributed by atoms with Gasteiger partial charge in [-0.15, -0.1) is 0 Å². The second kappa shape index (κ2) is 8.63. The third kappa shape index (κ3) is 4.17. The first-order chi connectivity index (χ1) is 15.0. The maximum Gasteiger partial charge on any atom is 0.255 e. The first-order valence-corrected chi connectivity index (χ1v) is 10.5. The molecule has 3 amide bonds. The van der Waals surface area contributed by atoms with E-state index in [9.17, 15) is 14.4 Å². The Kier molecular flexibility index (Phi) is 5.75. The highest BCUT2D eigenvalue weighted by Gasteiger charge is 2.42. The Morgan fingerprint density at radius 3 is 2.61 bits per heavy atom. The van der Waals surface area contributed by atoms with Gasteiger partial charge in [-0.3, -0.25) is 19.8 Å². The third-order valence-corrected chi connectivity index (χ3v) is 5.91. The quantitative estimate of drug-likeness (QED) is 0.730. The van der Waals surface area contributed by atoms with Crippen LogP contribution in [-0.4, -0.2) is 31.3 Å². The van der Waals surface area contributed by atoms with Gasteiger partial charge in [-0.1, -0.05) is 24.3 Å². The van der Waals surface area contributed by atoms with Crippen molar-refractivity contribution < 1.29 is 14.4 Å². The van der Waals surface area contributed by atoms with Gasteiger partial charge in [-0.25, -0.2) is 5.01 Å². The van der Waals surface area contributed by atoms with Gasteiger partial charge in [-0.05, 0) is 56.2 Å². The average Bonchev–Trinajstić information content (AvgIpc) is 2.81. The number of fused-ring (bicyclic) bond motifs is 1. The number of hydrazine groups is 1. The zero-order valence-corrected chi connectivity index (χ0v) is 17.7. The summed E-state index contributed by atoms with van der Waals surface area (Å²) in [5.41, 5.74) is 5.26. The van der Waals surface area contributed by atoms with Crippen molar-refractivity contribution in [1.82, 2.24) is 5.43 Å². The predicted octanol–water partition coefficient (Wildman–Crippen LogP) is 3.36. The fourth-order valence-corrected chi connectivity index (χ4v) is 3.98. The minimum atomic E-state index is -0.366. The summed E-state index contributed by atoms with van der Waals surface area (Å²) in [6.45, 7) is 2.91. The summed E-state index contributed by atoms with van der Waals surface area (Å²) in [7, 11) is 1.99. The fraction of sp³-hybridized carbons (Fsp3) is 0.292. The molecule has 2 unspecified atom stereocenters. The number of benzene rings is 2. The summed E-state index contributed by atoms with van der Waals surface area (Å²) in [5, 5.41) is 4.18. The standard InChI is InChI=1S/C24H26N4O3/c1-3-27(2)18-10-7-9-17(15-18)25-22(29)16-8-6-11-19(14-16)28-24(31)21-13-5-4-12-20(21)23(30)26-28/h4-11,14-15,20-21H,3,12-13H2,1-2H3,(H,25,29)(H,26,30). The molecular formula is C24H26N4O3. The van der Waals surface area contributed by atoms with Gasteiger partial charge in [0.2, 0.25) is 11.8 Å². The number of amides is 3. The van der Waals surface area contributed by atoms with E-state index in [0.717, 1.165) is 12.2 Å². The number of hydrogen-bond acceptors (Lipinski definition) is 4. The Morgan fingerprint density at radius 2 is 1.84 bits per heavy atom. The van der Waals surface area contributed by atoms with Crippen molar-refractivity contribution >= 4 is 34.8 Å². The molecule has 1 heterocycles. The molecule has 7 nitrogen and oxygen atoms in total. The van der Waals surface area contributed by atoms with Crippen LogP contribution in [0.5, 0.6) is 0 Å². The number of rotatable bonds is 5. The molecule has 2 N–H and O–H groups in total. The van der Waals surface area contributed by atoms with Crippen molar-refractivity contribution in [3.05, 3.63) is 66.2 Å². The van der Waals surface area contributed by atoms with Crippen LogP contribution < -0.4 is 20.7 Å². The van der Waals surface area contributed by atoms with Crippen molar-refractivity contribution in [3.8, 4) is 0 Å². The lowest BCUT2D eigenvalue weighted by molar-refractivity contribution is -0.139. The molecule has 0 aromatic heterocycles. The van der Waals surface area contributed by atoms with E-state index in [1.165, 1.54) is 5.01 Å². The Balaban J connectivity index is 1.53.